The first-order valence-corrected chi connectivity index (χ1v) is 7.70. The van der Waals surface area contributed by atoms with Gasteiger partial charge in [0.1, 0.15) is 0 Å². The second-order valence-electron chi connectivity index (χ2n) is 5.51. The fraction of sp³-hybridized carbons (Fsp3) is 0.786. The first-order chi connectivity index (χ1) is 10.6. The lowest BCUT2D eigenvalue weighted by Gasteiger charge is -2.33. The molecule has 0 aliphatic carbocycles. The maximum Gasteiger partial charge on any atom is 0.312 e. The van der Waals surface area contributed by atoms with Gasteiger partial charge in [-0.2, -0.15) is 0 Å². The Labute approximate surface area is 130 Å². The lowest BCUT2D eigenvalue weighted by molar-refractivity contribution is -0.148. The summed E-state index contributed by atoms with van der Waals surface area (Å²) in [6, 6.07) is 0. The molecule has 0 saturated carbocycles. The van der Waals surface area contributed by atoms with Gasteiger partial charge in [0.15, 0.2) is 0 Å². The van der Waals surface area contributed by atoms with E-state index in [0.29, 0.717) is 45.9 Å². The number of ether oxygens (including phenoxy) is 1. The van der Waals surface area contributed by atoms with E-state index in [1.165, 1.54) is 11.8 Å². The highest BCUT2D eigenvalue weighted by molar-refractivity contribution is 6.35. The SMILES string of the molecule is CC(=O)N1CCN(C(=O)C(=O)NCCN2CCOCC2)CC1. The molecule has 2 aliphatic heterocycles. The van der Waals surface area contributed by atoms with Gasteiger partial charge in [0, 0.05) is 59.3 Å². The summed E-state index contributed by atoms with van der Waals surface area (Å²) in [5, 5.41) is 2.67. The average Bonchev–Trinajstić information content (AvgIpc) is 2.55. The van der Waals surface area contributed by atoms with Crippen molar-refractivity contribution in [2.45, 2.75) is 6.92 Å². The van der Waals surface area contributed by atoms with Crippen LogP contribution in [0.2, 0.25) is 0 Å². The fourth-order valence-corrected chi connectivity index (χ4v) is 2.60. The van der Waals surface area contributed by atoms with Crippen molar-refractivity contribution >= 4 is 17.7 Å². The van der Waals surface area contributed by atoms with Gasteiger partial charge in [-0.1, -0.05) is 0 Å². The molecular weight excluding hydrogens is 288 g/mol. The van der Waals surface area contributed by atoms with E-state index in [1.807, 2.05) is 0 Å². The minimum atomic E-state index is -0.565. The summed E-state index contributed by atoms with van der Waals surface area (Å²) in [6.07, 6.45) is 0. The molecule has 1 N–H and O–H groups in total. The van der Waals surface area contributed by atoms with Crippen LogP contribution in [0.4, 0.5) is 0 Å². The second-order valence-corrected chi connectivity index (χ2v) is 5.51. The summed E-state index contributed by atoms with van der Waals surface area (Å²) >= 11 is 0. The summed E-state index contributed by atoms with van der Waals surface area (Å²) in [5.74, 6) is -1.07. The standard InChI is InChI=1S/C14H24N4O4/c1-12(19)17-4-6-18(7-5-17)14(21)13(20)15-2-3-16-8-10-22-11-9-16/h2-11H2,1H3,(H,15,20). The van der Waals surface area contributed by atoms with E-state index in [4.69, 9.17) is 4.74 Å². The van der Waals surface area contributed by atoms with Crippen LogP contribution in [0.1, 0.15) is 6.92 Å². The smallest absolute Gasteiger partial charge is 0.312 e. The van der Waals surface area contributed by atoms with Crippen LogP contribution in [0.3, 0.4) is 0 Å². The highest BCUT2D eigenvalue weighted by Gasteiger charge is 2.26. The van der Waals surface area contributed by atoms with Crippen molar-refractivity contribution in [2.24, 2.45) is 0 Å². The lowest BCUT2D eigenvalue weighted by atomic mass is 10.3. The van der Waals surface area contributed by atoms with Crippen LogP contribution < -0.4 is 5.32 Å². The first-order valence-electron chi connectivity index (χ1n) is 7.70. The third-order valence-corrected chi connectivity index (χ3v) is 4.02. The quantitative estimate of drug-likeness (QED) is 0.617. The Bertz CT molecular complexity index is 415. The summed E-state index contributed by atoms with van der Waals surface area (Å²) in [5.41, 5.74) is 0. The van der Waals surface area contributed by atoms with Crippen molar-refractivity contribution in [3.63, 3.8) is 0 Å². The van der Waals surface area contributed by atoms with Crippen molar-refractivity contribution in [3.05, 3.63) is 0 Å². The van der Waals surface area contributed by atoms with E-state index >= 15 is 0 Å². The average molecular weight is 312 g/mol. The number of nitrogens with one attached hydrogen (secondary N) is 1. The van der Waals surface area contributed by atoms with Gasteiger partial charge >= 0.3 is 11.8 Å². The highest BCUT2D eigenvalue weighted by atomic mass is 16.5. The third-order valence-electron chi connectivity index (χ3n) is 4.02. The Morgan fingerprint density at radius 2 is 1.55 bits per heavy atom. The van der Waals surface area contributed by atoms with Gasteiger partial charge in [0.25, 0.3) is 0 Å². The zero-order chi connectivity index (χ0) is 15.9. The second kappa shape index (κ2) is 8.09. The first kappa shape index (κ1) is 16.7. The fourth-order valence-electron chi connectivity index (χ4n) is 2.60. The topological polar surface area (TPSA) is 82.2 Å². The molecule has 0 radical (unpaired) electrons. The maximum absolute atomic E-state index is 12.0. The van der Waals surface area contributed by atoms with Crippen molar-refractivity contribution in [2.75, 3.05) is 65.6 Å². The lowest BCUT2D eigenvalue weighted by Crippen LogP contribution is -2.54. The number of rotatable bonds is 3. The molecule has 124 valence electrons. The zero-order valence-corrected chi connectivity index (χ0v) is 13.0. The largest absolute Gasteiger partial charge is 0.379 e. The van der Waals surface area contributed by atoms with Crippen LogP contribution in [0.25, 0.3) is 0 Å². The molecule has 3 amide bonds. The molecule has 0 unspecified atom stereocenters. The van der Waals surface area contributed by atoms with Gasteiger partial charge in [-0.25, -0.2) is 0 Å². The van der Waals surface area contributed by atoms with Gasteiger partial charge in [0.05, 0.1) is 13.2 Å². The Kier molecular flexibility index (Phi) is 6.14. The number of carbonyl (C=O) groups excluding carboxylic acids is 3. The number of nitrogens with zero attached hydrogens (tertiary/aromatic N) is 3. The maximum atomic E-state index is 12.0. The Morgan fingerprint density at radius 1 is 0.955 bits per heavy atom. The highest BCUT2D eigenvalue weighted by Crippen LogP contribution is 2.02. The number of carbonyl (C=O) groups is 3. The van der Waals surface area contributed by atoms with E-state index in [0.717, 1.165) is 19.6 Å². The van der Waals surface area contributed by atoms with Gasteiger partial charge in [-0.15, -0.1) is 0 Å². The summed E-state index contributed by atoms with van der Waals surface area (Å²) in [6.45, 7) is 7.64. The number of morpholine rings is 1. The van der Waals surface area contributed by atoms with Crippen LogP contribution in [-0.4, -0.2) is 98.0 Å². The summed E-state index contributed by atoms with van der Waals surface area (Å²) < 4.78 is 5.25. The summed E-state index contributed by atoms with van der Waals surface area (Å²) in [4.78, 5) is 40.5. The normalized spacial score (nSPS) is 19.9. The van der Waals surface area contributed by atoms with Crippen molar-refractivity contribution in [1.82, 2.24) is 20.0 Å². The summed E-state index contributed by atoms with van der Waals surface area (Å²) in [7, 11) is 0. The molecule has 22 heavy (non-hydrogen) atoms. The van der Waals surface area contributed by atoms with Gasteiger partial charge in [-0.3, -0.25) is 19.3 Å². The molecule has 2 aliphatic rings. The molecular formula is C14H24N4O4. The predicted molar refractivity (Wildman–Crippen MR) is 79.1 cm³/mol. The number of hydrogen-bond donors (Lipinski definition) is 1. The van der Waals surface area contributed by atoms with Gasteiger partial charge in [0.2, 0.25) is 5.91 Å². The molecule has 0 bridgehead atoms. The molecule has 8 heteroatoms. The van der Waals surface area contributed by atoms with Crippen LogP contribution >= 0.6 is 0 Å². The predicted octanol–water partition coefficient (Wildman–Crippen LogP) is -1.87. The Balaban J connectivity index is 1.66. The number of piperazine rings is 1. The van der Waals surface area contributed by atoms with Crippen LogP contribution in [0.5, 0.6) is 0 Å². The van der Waals surface area contributed by atoms with Crippen LogP contribution in [0.15, 0.2) is 0 Å². The number of amides is 3. The third kappa shape index (κ3) is 4.67. The van der Waals surface area contributed by atoms with Crippen LogP contribution in [0, 0.1) is 0 Å². The molecule has 0 aromatic rings. The van der Waals surface area contributed by atoms with E-state index in [9.17, 15) is 14.4 Å². The molecule has 2 fully saturated rings. The molecule has 2 saturated heterocycles. The molecule has 2 rings (SSSR count). The van der Waals surface area contributed by atoms with Crippen LogP contribution in [-0.2, 0) is 19.1 Å². The molecule has 0 aromatic carbocycles. The van der Waals surface area contributed by atoms with Crippen molar-refractivity contribution in [3.8, 4) is 0 Å². The Hall–Kier alpha value is -1.67. The molecule has 0 spiro atoms. The molecule has 0 aromatic heterocycles. The Morgan fingerprint density at radius 3 is 2.14 bits per heavy atom. The van der Waals surface area contributed by atoms with Crippen molar-refractivity contribution < 1.29 is 19.1 Å². The van der Waals surface area contributed by atoms with Gasteiger partial charge in [-0.05, 0) is 0 Å². The monoisotopic (exact) mass is 312 g/mol. The van der Waals surface area contributed by atoms with Crippen molar-refractivity contribution in [1.29, 1.82) is 0 Å². The van der Waals surface area contributed by atoms with Gasteiger partial charge < -0.3 is 19.9 Å². The van der Waals surface area contributed by atoms with E-state index in [-0.39, 0.29) is 5.91 Å². The van der Waals surface area contributed by atoms with E-state index < -0.39 is 11.8 Å². The van der Waals surface area contributed by atoms with E-state index in [2.05, 4.69) is 10.2 Å². The minimum Gasteiger partial charge on any atom is -0.379 e. The number of hydrogen-bond acceptors (Lipinski definition) is 5. The molecule has 8 nitrogen and oxygen atoms in total. The van der Waals surface area contributed by atoms with E-state index in [1.54, 1.807) is 4.90 Å². The molecule has 0 atom stereocenters. The molecule has 2 heterocycles. The zero-order valence-electron chi connectivity index (χ0n) is 13.0. The minimum absolute atomic E-state index is 0.00191.